The minimum atomic E-state index is -0.232. The highest BCUT2D eigenvalue weighted by atomic mass is 32.2. The molecule has 2 aromatic carbocycles. The van der Waals surface area contributed by atoms with E-state index in [0.29, 0.717) is 6.54 Å². The highest BCUT2D eigenvalue weighted by Gasteiger charge is 2.08. The van der Waals surface area contributed by atoms with Gasteiger partial charge in [0.1, 0.15) is 11.6 Å². The molecule has 0 bridgehead atoms. The summed E-state index contributed by atoms with van der Waals surface area (Å²) in [4.78, 5) is 0. The lowest BCUT2D eigenvalue weighted by atomic mass is 10.1. The summed E-state index contributed by atoms with van der Waals surface area (Å²) in [6.45, 7) is 2.65. The van der Waals surface area contributed by atoms with Gasteiger partial charge in [-0.3, -0.25) is 0 Å². The summed E-state index contributed by atoms with van der Waals surface area (Å²) >= 11 is 3.14. The van der Waals surface area contributed by atoms with Crippen molar-refractivity contribution in [1.82, 2.24) is 10.2 Å². The van der Waals surface area contributed by atoms with Gasteiger partial charge in [0.2, 0.25) is 5.13 Å². The highest BCUT2D eigenvalue weighted by Crippen LogP contribution is 2.31. The van der Waals surface area contributed by atoms with Crippen LogP contribution >= 0.6 is 23.1 Å². The number of thioether (sulfide) groups is 1. The van der Waals surface area contributed by atoms with Crippen LogP contribution in [0, 0.1) is 12.7 Å². The van der Waals surface area contributed by atoms with Crippen LogP contribution < -0.4 is 10.1 Å². The first-order valence-electron chi connectivity index (χ1n) is 7.72. The number of benzene rings is 2. The van der Waals surface area contributed by atoms with E-state index in [2.05, 4.69) is 28.5 Å². The maximum atomic E-state index is 12.9. The Bertz CT molecular complexity index is 837. The first-order valence-corrected chi connectivity index (χ1v) is 9.52. The van der Waals surface area contributed by atoms with Gasteiger partial charge in [0, 0.05) is 17.9 Å². The number of anilines is 1. The summed E-state index contributed by atoms with van der Waals surface area (Å²) < 4.78 is 19.2. The fourth-order valence-corrected chi connectivity index (χ4v) is 4.00. The molecule has 130 valence electrons. The lowest BCUT2D eigenvalue weighted by molar-refractivity contribution is 0.411. The van der Waals surface area contributed by atoms with E-state index < -0.39 is 0 Å². The summed E-state index contributed by atoms with van der Waals surface area (Å²) in [5, 5.41) is 12.3. The lowest BCUT2D eigenvalue weighted by Gasteiger charge is -2.08. The number of rotatable bonds is 7. The fraction of sp³-hybridized carbons (Fsp3) is 0.222. The van der Waals surface area contributed by atoms with Gasteiger partial charge in [0.25, 0.3) is 0 Å². The number of ether oxygens (including phenoxy) is 1. The normalized spacial score (nSPS) is 10.7. The van der Waals surface area contributed by atoms with Gasteiger partial charge in [-0.2, -0.15) is 0 Å². The van der Waals surface area contributed by atoms with Crippen LogP contribution in [0.3, 0.4) is 0 Å². The van der Waals surface area contributed by atoms with Crippen LogP contribution in [0.25, 0.3) is 0 Å². The minimum absolute atomic E-state index is 0.232. The Morgan fingerprint density at radius 2 is 1.96 bits per heavy atom. The average molecular weight is 375 g/mol. The second-order valence-corrected chi connectivity index (χ2v) is 7.66. The van der Waals surface area contributed by atoms with Gasteiger partial charge in [-0.1, -0.05) is 52.9 Å². The van der Waals surface area contributed by atoms with Gasteiger partial charge < -0.3 is 10.1 Å². The highest BCUT2D eigenvalue weighted by molar-refractivity contribution is 8.00. The second-order valence-electron chi connectivity index (χ2n) is 5.46. The number of nitrogens with one attached hydrogen (secondary N) is 1. The molecule has 7 heteroatoms. The molecule has 1 heterocycles. The SMILES string of the molecule is COc1ccc(C)cc1CSc1nnc(NCc2ccc(F)cc2)s1. The lowest BCUT2D eigenvalue weighted by Crippen LogP contribution is -1.98. The standard InChI is InChI=1S/C18H18FN3OS2/c1-12-3-8-16(23-2)14(9-12)11-24-18-22-21-17(25-18)20-10-13-4-6-15(19)7-5-13/h3-9H,10-11H2,1-2H3,(H,20,21). The molecule has 25 heavy (non-hydrogen) atoms. The van der Waals surface area contributed by atoms with Crippen LogP contribution in [0.15, 0.2) is 46.8 Å². The van der Waals surface area contributed by atoms with Crippen molar-refractivity contribution in [3.8, 4) is 5.75 Å². The van der Waals surface area contributed by atoms with E-state index in [9.17, 15) is 4.39 Å². The molecule has 1 N–H and O–H groups in total. The van der Waals surface area contributed by atoms with Crippen molar-refractivity contribution in [3.63, 3.8) is 0 Å². The van der Waals surface area contributed by atoms with E-state index in [0.717, 1.165) is 32.1 Å². The number of hydrogen-bond acceptors (Lipinski definition) is 6. The third kappa shape index (κ3) is 4.93. The summed E-state index contributed by atoms with van der Waals surface area (Å²) in [6, 6.07) is 12.6. The van der Waals surface area contributed by atoms with E-state index in [1.807, 2.05) is 12.1 Å². The second kappa shape index (κ2) is 8.31. The molecule has 3 aromatic rings. The number of nitrogens with zero attached hydrogens (tertiary/aromatic N) is 2. The van der Waals surface area contributed by atoms with Crippen molar-refractivity contribution < 1.29 is 9.13 Å². The topological polar surface area (TPSA) is 47.0 Å². The van der Waals surface area contributed by atoms with Gasteiger partial charge in [0.05, 0.1) is 7.11 Å². The van der Waals surface area contributed by atoms with Crippen LogP contribution in [0.5, 0.6) is 5.75 Å². The van der Waals surface area contributed by atoms with E-state index in [-0.39, 0.29) is 5.82 Å². The molecule has 0 aliphatic carbocycles. The first kappa shape index (κ1) is 17.7. The maximum absolute atomic E-state index is 12.9. The number of hydrogen-bond donors (Lipinski definition) is 1. The van der Waals surface area contributed by atoms with Crippen LogP contribution in [0.1, 0.15) is 16.7 Å². The van der Waals surface area contributed by atoms with Gasteiger partial charge in [0.15, 0.2) is 4.34 Å². The van der Waals surface area contributed by atoms with Gasteiger partial charge in [-0.05, 0) is 30.7 Å². The van der Waals surface area contributed by atoms with Crippen LogP contribution in [0.4, 0.5) is 9.52 Å². The average Bonchev–Trinajstić information content (AvgIpc) is 3.07. The Labute approximate surface area is 154 Å². The van der Waals surface area contributed by atoms with Gasteiger partial charge in [-0.25, -0.2) is 4.39 Å². The number of aryl methyl sites for hydroxylation is 1. The molecule has 0 radical (unpaired) electrons. The predicted molar refractivity (Wildman–Crippen MR) is 101 cm³/mol. The van der Waals surface area contributed by atoms with Crippen molar-refractivity contribution in [2.75, 3.05) is 12.4 Å². The number of aromatic nitrogens is 2. The van der Waals surface area contributed by atoms with E-state index >= 15 is 0 Å². The fourth-order valence-electron chi connectivity index (χ4n) is 2.28. The minimum Gasteiger partial charge on any atom is -0.496 e. The largest absolute Gasteiger partial charge is 0.496 e. The molecule has 0 amide bonds. The molecule has 0 aliphatic heterocycles. The molecule has 1 aromatic heterocycles. The van der Waals surface area contributed by atoms with Crippen LogP contribution in [-0.2, 0) is 12.3 Å². The first-order chi connectivity index (χ1) is 12.1. The summed E-state index contributed by atoms with van der Waals surface area (Å²) in [7, 11) is 1.68. The predicted octanol–water partition coefficient (Wildman–Crippen LogP) is 4.90. The smallest absolute Gasteiger partial charge is 0.206 e. The van der Waals surface area contributed by atoms with Crippen molar-refractivity contribution >= 4 is 28.2 Å². The third-order valence-electron chi connectivity index (χ3n) is 3.55. The quantitative estimate of drug-likeness (QED) is 0.595. The molecule has 4 nitrogen and oxygen atoms in total. The Balaban J connectivity index is 1.56. The van der Waals surface area contributed by atoms with Gasteiger partial charge in [-0.15, -0.1) is 10.2 Å². The van der Waals surface area contributed by atoms with Gasteiger partial charge >= 0.3 is 0 Å². The van der Waals surface area contributed by atoms with E-state index in [1.54, 1.807) is 31.0 Å². The number of methoxy groups -OCH3 is 1. The monoisotopic (exact) mass is 375 g/mol. The molecule has 0 spiro atoms. The van der Waals surface area contributed by atoms with E-state index in [1.165, 1.54) is 29.0 Å². The molecule has 0 aliphatic rings. The number of halogens is 1. The molecule has 0 atom stereocenters. The third-order valence-corrected chi connectivity index (χ3v) is 5.61. The Kier molecular flexibility index (Phi) is 5.88. The van der Waals surface area contributed by atoms with Crippen molar-refractivity contribution in [3.05, 3.63) is 65.0 Å². The van der Waals surface area contributed by atoms with E-state index in [4.69, 9.17) is 4.74 Å². The zero-order chi connectivity index (χ0) is 17.6. The zero-order valence-electron chi connectivity index (χ0n) is 14.0. The Morgan fingerprint density at radius 3 is 2.72 bits per heavy atom. The molecular formula is C18H18FN3OS2. The zero-order valence-corrected chi connectivity index (χ0v) is 15.6. The van der Waals surface area contributed by atoms with Crippen molar-refractivity contribution in [1.29, 1.82) is 0 Å². The Morgan fingerprint density at radius 1 is 1.16 bits per heavy atom. The molecule has 0 fully saturated rings. The molecular weight excluding hydrogens is 357 g/mol. The molecule has 0 unspecified atom stereocenters. The van der Waals surface area contributed by atoms with Crippen molar-refractivity contribution in [2.24, 2.45) is 0 Å². The summed E-state index contributed by atoms with van der Waals surface area (Å²) in [5.74, 6) is 1.43. The van der Waals surface area contributed by atoms with Crippen molar-refractivity contribution in [2.45, 2.75) is 23.6 Å². The van der Waals surface area contributed by atoms with Crippen LogP contribution in [0.2, 0.25) is 0 Å². The van der Waals surface area contributed by atoms with Crippen LogP contribution in [-0.4, -0.2) is 17.3 Å². The molecule has 0 saturated heterocycles. The molecule has 3 rings (SSSR count). The summed E-state index contributed by atoms with van der Waals surface area (Å²) in [6.07, 6.45) is 0. The summed E-state index contributed by atoms with van der Waals surface area (Å²) in [5.41, 5.74) is 3.34. The maximum Gasteiger partial charge on any atom is 0.206 e. The molecule has 0 saturated carbocycles. The Hall–Kier alpha value is -2.12.